The molecule has 2 rings (SSSR count). The number of hydrogen-bond donors (Lipinski definition) is 1. The average Bonchev–Trinajstić information content (AvgIpc) is 2.57. The zero-order valence-corrected chi connectivity index (χ0v) is 13.5. The lowest BCUT2D eigenvalue weighted by Crippen LogP contribution is -2.22. The van der Waals surface area contributed by atoms with Gasteiger partial charge in [0.15, 0.2) is 6.61 Å². The molecular weight excluding hydrogens is 313 g/mol. The molecule has 0 spiro atoms. The minimum Gasteiger partial charge on any atom is -0.497 e. The number of carbonyl (C=O) groups excluding carboxylic acids is 2. The SMILES string of the molecule is COc1ccc(CC(=O)OCC(=O)Nc2cc(F)ccc2C)cc1. The molecule has 0 heterocycles. The number of ether oxygens (including phenoxy) is 2. The van der Waals surface area contributed by atoms with Crippen molar-refractivity contribution in [3.63, 3.8) is 0 Å². The molecule has 0 aliphatic carbocycles. The summed E-state index contributed by atoms with van der Waals surface area (Å²) in [6.45, 7) is 1.32. The van der Waals surface area contributed by atoms with Gasteiger partial charge in [-0.2, -0.15) is 0 Å². The lowest BCUT2D eigenvalue weighted by atomic mass is 10.1. The first-order chi connectivity index (χ1) is 11.5. The predicted octanol–water partition coefficient (Wildman–Crippen LogP) is 2.87. The van der Waals surface area contributed by atoms with Crippen molar-refractivity contribution in [2.45, 2.75) is 13.3 Å². The van der Waals surface area contributed by atoms with E-state index < -0.39 is 24.3 Å². The number of carbonyl (C=O) groups is 2. The Hall–Kier alpha value is -2.89. The Morgan fingerprint density at radius 2 is 1.83 bits per heavy atom. The lowest BCUT2D eigenvalue weighted by molar-refractivity contribution is -0.146. The Kier molecular flexibility index (Phi) is 5.89. The van der Waals surface area contributed by atoms with E-state index in [9.17, 15) is 14.0 Å². The van der Waals surface area contributed by atoms with Gasteiger partial charge in [0.05, 0.1) is 13.5 Å². The van der Waals surface area contributed by atoms with Gasteiger partial charge in [0.25, 0.3) is 5.91 Å². The van der Waals surface area contributed by atoms with Crippen molar-refractivity contribution in [3.05, 3.63) is 59.4 Å². The fraction of sp³-hybridized carbons (Fsp3) is 0.222. The van der Waals surface area contributed by atoms with Crippen molar-refractivity contribution in [2.24, 2.45) is 0 Å². The number of halogens is 1. The summed E-state index contributed by atoms with van der Waals surface area (Å²) >= 11 is 0. The molecule has 0 saturated carbocycles. The number of aryl methyl sites for hydroxylation is 1. The van der Waals surface area contributed by atoms with Crippen molar-refractivity contribution >= 4 is 17.6 Å². The van der Waals surface area contributed by atoms with E-state index in [0.29, 0.717) is 17.0 Å². The van der Waals surface area contributed by atoms with Crippen LogP contribution in [0.25, 0.3) is 0 Å². The Bertz CT molecular complexity index is 728. The summed E-state index contributed by atoms with van der Waals surface area (Å²) in [6.07, 6.45) is 0.0519. The highest BCUT2D eigenvalue weighted by atomic mass is 19.1. The largest absolute Gasteiger partial charge is 0.497 e. The number of esters is 1. The molecule has 0 radical (unpaired) electrons. The van der Waals surface area contributed by atoms with Crippen LogP contribution in [-0.2, 0) is 20.7 Å². The third-order valence-corrected chi connectivity index (χ3v) is 3.35. The molecule has 0 saturated heterocycles. The molecule has 1 N–H and O–H groups in total. The number of benzene rings is 2. The minimum absolute atomic E-state index is 0.0519. The fourth-order valence-corrected chi connectivity index (χ4v) is 2.02. The highest BCUT2D eigenvalue weighted by Gasteiger charge is 2.10. The number of hydrogen-bond acceptors (Lipinski definition) is 4. The molecule has 126 valence electrons. The summed E-state index contributed by atoms with van der Waals surface area (Å²) in [5.74, 6) is -0.803. The first-order valence-electron chi connectivity index (χ1n) is 7.32. The van der Waals surface area contributed by atoms with Crippen LogP contribution in [0.1, 0.15) is 11.1 Å². The minimum atomic E-state index is -0.522. The Morgan fingerprint density at radius 1 is 1.12 bits per heavy atom. The lowest BCUT2D eigenvalue weighted by Gasteiger charge is -2.09. The second-order valence-corrected chi connectivity index (χ2v) is 5.19. The van der Waals surface area contributed by atoms with Gasteiger partial charge in [-0.05, 0) is 42.3 Å². The molecule has 0 unspecified atom stereocenters. The predicted molar refractivity (Wildman–Crippen MR) is 87.4 cm³/mol. The molecule has 0 atom stereocenters. The molecule has 24 heavy (non-hydrogen) atoms. The third kappa shape index (κ3) is 5.08. The van der Waals surface area contributed by atoms with Gasteiger partial charge < -0.3 is 14.8 Å². The van der Waals surface area contributed by atoms with Crippen LogP contribution >= 0.6 is 0 Å². The molecule has 5 nitrogen and oxygen atoms in total. The van der Waals surface area contributed by atoms with Crippen LogP contribution in [0.15, 0.2) is 42.5 Å². The summed E-state index contributed by atoms with van der Waals surface area (Å²) in [6, 6.07) is 11.0. The van der Waals surface area contributed by atoms with Gasteiger partial charge in [0.2, 0.25) is 0 Å². The van der Waals surface area contributed by atoms with E-state index in [-0.39, 0.29) is 6.42 Å². The van der Waals surface area contributed by atoms with Gasteiger partial charge in [0.1, 0.15) is 11.6 Å². The zero-order chi connectivity index (χ0) is 17.5. The second-order valence-electron chi connectivity index (χ2n) is 5.19. The topological polar surface area (TPSA) is 64.6 Å². The number of nitrogens with one attached hydrogen (secondary N) is 1. The van der Waals surface area contributed by atoms with Crippen LogP contribution in [0.3, 0.4) is 0 Å². The van der Waals surface area contributed by atoms with Gasteiger partial charge in [0, 0.05) is 5.69 Å². The number of anilines is 1. The Balaban J connectivity index is 1.82. The molecule has 0 aromatic heterocycles. The van der Waals surface area contributed by atoms with Crippen LogP contribution < -0.4 is 10.1 Å². The molecule has 0 bridgehead atoms. The van der Waals surface area contributed by atoms with E-state index in [4.69, 9.17) is 9.47 Å². The first-order valence-corrected chi connectivity index (χ1v) is 7.32. The van der Waals surface area contributed by atoms with E-state index in [2.05, 4.69) is 5.32 Å². The number of methoxy groups -OCH3 is 1. The third-order valence-electron chi connectivity index (χ3n) is 3.35. The highest BCUT2D eigenvalue weighted by Crippen LogP contribution is 2.16. The normalized spacial score (nSPS) is 10.1. The molecule has 0 fully saturated rings. The maximum atomic E-state index is 13.2. The van der Waals surface area contributed by atoms with E-state index >= 15 is 0 Å². The second kappa shape index (κ2) is 8.10. The summed E-state index contributed by atoms with van der Waals surface area (Å²) in [4.78, 5) is 23.5. The quantitative estimate of drug-likeness (QED) is 0.827. The van der Waals surface area contributed by atoms with Gasteiger partial charge >= 0.3 is 5.97 Å². The van der Waals surface area contributed by atoms with Crippen molar-refractivity contribution in [3.8, 4) is 5.75 Å². The van der Waals surface area contributed by atoms with Crippen LogP contribution in [0, 0.1) is 12.7 Å². The smallest absolute Gasteiger partial charge is 0.310 e. The van der Waals surface area contributed by atoms with E-state index in [1.807, 2.05) is 0 Å². The van der Waals surface area contributed by atoms with Gasteiger partial charge in [-0.1, -0.05) is 18.2 Å². The molecule has 2 aromatic carbocycles. The monoisotopic (exact) mass is 331 g/mol. The molecule has 0 aliphatic rings. The van der Waals surface area contributed by atoms with Crippen LogP contribution in [0.5, 0.6) is 5.75 Å². The van der Waals surface area contributed by atoms with Crippen LogP contribution in [0.4, 0.5) is 10.1 Å². The van der Waals surface area contributed by atoms with Gasteiger partial charge in [-0.25, -0.2) is 4.39 Å². The first kappa shape index (κ1) is 17.5. The number of amides is 1. The molecule has 2 aromatic rings. The van der Waals surface area contributed by atoms with E-state index in [1.54, 1.807) is 44.4 Å². The van der Waals surface area contributed by atoms with Crippen LogP contribution in [0.2, 0.25) is 0 Å². The maximum absolute atomic E-state index is 13.2. The average molecular weight is 331 g/mol. The van der Waals surface area contributed by atoms with Crippen LogP contribution in [-0.4, -0.2) is 25.6 Å². The fourth-order valence-electron chi connectivity index (χ4n) is 2.02. The Labute approximate surface area is 139 Å². The molecule has 1 amide bonds. The summed E-state index contributed by atoms with van der Waals surface area (Å²) < 4.78 is 23.1. The summed E-state index contributed by atoms with van der Waals surface area (Å²) in [7, 11) is 1.56. The van der Waals surface area contributed by atoms with E-state index in [0.717, 1.165) is 5.56 Å². The van der Waals surface area contributed by atoms with Crippen molar-refractivity contribution in [1.29, 1.82) is 0 Å². The van der Waals surface area contributed by atoms with Crippen molar-refractivity contribution < 1.29 is 23.5 Å². The van der Waals surface area contributed by atoms with Gasteiger partial charge in [-0.15, -0.1) is 0 Å². The summed E-state index contributed by atoms with van der Waals surface area (Å²) in [5.41, 5.74) is 1.82. The Morgan fingerprint density at radius 3 is 2.50 bits per heavy atom. The maximum Gasteiger partial charge on any atom is 0.310 e. The van der Waals surface area contributed by atoms with Gasteiger partial charge in [-0.3, -0.25) is 9.59 Å². The molecular formula is C18H18FNO4. The molecule has 0 aliphatic heterocycles. The summed E-state index contributed by atoms with van der Waals surface area (Å²) in [5, 5.41) is 2.51. The number of rotatable bonds is 6. The van der Waals surface area contributed by atoms with Crippen molar-refractivity contribution in [1.82, 2.24) is 0 Å². The standard InChI is InChI=1S/C18H18FNO4/c1-12-3-6-14(19)10-16(12)20-17(21)11-24-18(22)9-13-4-7-15(23-2)8-5-13/h3-8,10H,9,11H2,1-2H3,(H,20,21). The zero-order valence-electron chi connectivity index (χ0n) is 13.5. The van der Waals surface area contributed by atoms with E-state index in [1.165, 1.54) is 12.1 Å². The van der Waals surface area contributed by atoms with Crippen molar-refractivity contribution in [2.75, 3.05) is 19.0 Å². The highest BCUT2D eigenvalue weighted by molar-refractivity contribution is 5.93. The molecule has 6 heteroatoms.